The van der Waals surface area contributed by atoms with Crippen LogP contribution in [0.1, 0.15) is 40.5 Å². The Hall–Kier alpha value is -0.780. The van der Waals surface area contributed by atoms with E-state index in [9.17, 15) is 18.0 Å². The Morgan fingerprint density at radius 2 is 1.68 bits per heavy atom. The minimum atomic E-state index is -4.12. The Balaban J connectivity index is 2.49. The zero-order chi connectivity index (χ0) is 14.8. The molecule has 1 unspecified atom stereocenters. The molecule has 1 aliphatic heterocycles. The van der Waals surface area contributed by atoms with E-state index >= 15 is 0 Å². The van der Waals surface area contributed by atoms with Crippen molar-refractivity contribution in [1.82, 2.24) is 4.90 Å². The van der Waals surface area contributed by atoms with Gasteiger partial charge in [-0.3, -0.25) is 9.69 Å². The zero-order valence-electron chi connectivity index (χ0n) is 11.9. The summed E-state index contributed by atoms with van der Waals surface area (Å²) in [6.07, 6.45) is -4.02. The van der Waals surface area contributed by atoms with E-state index in [1.165, 1.54) is 0 Å². The third-order valence-corrected chi connectivity index (χ3v) is 3.29. The van der Waals surface area contributed by atoms with Crippen molar-refractivity contribution in [3.05, 3.63) is 0 Å². The van der Waals surface area contributed by atoms with E-state index in [4.69, 9.17) is 4.74 Å². The summed E-state index contributed by atoms with van der Waals surface area (Å²) in [4.78, 5) is 13.6. The number of carbonyl (C=O) groups excluding carboxylic acids is 1. The Morgan fingerprint density at radius 1 is 1.21 bits per heavy atom. The van der Waals surface area contributed by atoms with Crippen LogP contribution in [0.2, 0.25) is 0 Å². The highest BCUT2D eigenvalue weighted by Gasteiger charge is 2.42. The summed E-state index contributed by atoms with van der Waals surface area (Å²) in [6.45, 7) is 7.56. The fraction of sp³-hybridized carbons (Fsp3) is 0.923. The Bertz CT molecular complexity index is 315. The summed E-state index contributed by atoms with van der Waals surface area (Å²) in [5, 5.41) is 0. The van der Waals surface area contributed by atoms with Gasteiger partial charge in [-0.25, -0.2) is 0 Å². The molecule has 0 radical (unpaired) electrons. The molecule has 0 aromatic carbocycles. The van der Waals surface area contributed by atoms with E-state index in [1.54, 1.807) is 32.6 Å². The van der Waals surface area contributed by atoms with Crippen LogP contribution >= 0.6 is 0 Å². The first-order chi connectivity index (χ1) is 8.50. The van der Waals surface area contributed by atoms with Crippen LogP contribution in [0.25, 0.3) is 0 Å². The van der Waals surface area contributed by atoms with Gasteiger partial charge < -0.3 is 4.74 Å². The smallest absolute Gasteiger partial charge is 0.391 e. The SMILES string of the molecule is CC(C(=O)OC(C)(C)C)N1CCC(C(F)(F)F)CC1. The molecule has 0 amide bonds. The Labute approximate surface area is 112 Å². The monoisotopic (exact) mass is 281 g/mol. The second-order valence-electron chi connectivity index (χ2n) is 6.06. The van der Waals surface area contributed by atoms with Gasteiger partial charge in [0.2, 0.25) is 0 Å². The molecule has 1 fully saturated rings. The van der Waals surface area contributed by atoms with Crippen molar-refractivity contribution in [3.63, 3.8) is 0 Å². The highest BCUT2D eigenvalue weighted by Crippen LogP contribution is 2.34. The molecule has 1 aliphatic rings. The van der Waals surface area contributed by atoms with E-state index in [-0.39, 0.29) is 31.9 Å². The maximum atomic E-state index is 12.5. The summed E-state index contributed by atoms with van der Waals surface area (Å²) < 4.78 is 42.9. The topological polar surface area (TPSA) is 29.5 Å². The van der Waals surface area contributed by atoms with E-state index < -0.39 is 23.7 Å². The second kappa shape index (κ2) is 5.69. The van der Waals surface area contributed by atoms with Gasteiger partial charge in [-0.05, 0) is 53.6 Å². The molecule has 0 aromatic heterocycles. The van der Waals surface area contributed by atoms with Gasteiger partial charge in [0, 0.05) is 0 Å². The van der Waals surface area contributed by atoms with Crippen LogP contribution in [-0.2, 0) is 9.53 Å². The second-order valence-corrected chi connectivity index (χ2v) is 6.06. The number of carbonyl (C=O) groups is 1. The van der Waals surface area contributed by atoms with Crippen LogP contribution in [0.3, 0.4) is 0 Å². The van der Waals surface area contributed by atoms with Gasteiger partial charge in [0.15, 0.2) is 0 Å². The first-order valence-electron chi connectivity index (χ1n) is 6.54. The fourth-order valence-electron chi connectivity index (χ4n) is 2.15. The zero-order valence-corrected chi connectivity index (χ0v) is 11.9. The molecule has 6 heteroatoms. The molecule has 0 saturated carbocycles. The largest absolute Gasteiger partial charge is 0.459 e. The molecule has 0 spiro atoms. The van der Waals surface area contributed by atoms with Crippen LogP contribution < -0.4 is 0 Å². The van der Waals surface area contributed by atoms with Crippen molar-refractivity contribution < 1.29 is 22.7 Å². The first kappa shape index (κ1) is 16.3. The molecule has 1 rings (SSSR count). The molecule has 112 valence electrons. The molecule has 0 bridgehead atoms. The van der Waals surface area contributed by atoms with Crippen LogP contribution in [0.5, 0.6) is 0 Å². The lowest BCUT2D eigenvalue weighted by Gasteiger charge is -2.36. The van der Waals surface area contributed by atoms with Crippen molar-refractivity contribution >= 4 is 5.97 Å². The number of halogens is 3. The number of piperidine rings is 1. The number of likely N-dealkylation sites (tertiary alicyclic amines) is 1. The van der Waals surface area contributed by atoms with Crippen molar-refractivity contribution in [2.24, 2.45) is 5.92 Å². The lowest BCUT2D eigenvalue weighted by Crippen LogP contribution is -2.47. The van der Waals surface area contributed by atoms with Gasteiger partial charge in [-0.15, -0.1) is 0 Å². The average Bonchev–Trinajstić information content (AvgIpc) is 2.24. The number of hydrogen-bond acceptors (Lipinski definition) is 3. The standard InChI is InChI=1S/C13H22F3NO2/c1-9(11(18)19-12(2,3)4)17-7-5-10(6-8-17)13(14,15)16/h9-10H,5-8H2,1-4H3. The normalized spacial score (nSPS) is 21.2. The summed E-state index contributed by atoms with van der Waals surface area (Å²) in [5.41, 5.74) is -0.574. The number of hydrogen-bond donors (Lipinski definition) is 0. The van der Waals surface area contributed by atoms with Gasteiger partial charge >= 0.3 is 12.1 Å². The average molecular weight is 281 g/mol. The molecule has 0 aliphatic carbocycles. The third-order valence-electron chi connectivity index (χ3n) is 3.29. The number of esters is 1. The minimum Gasteiger partial charge on any atom is -0.459 e. The van der Waals surface area contributed by atoms with Gasteiger partial charge in [-0.2, -0.15) is 13.2 Å². The van der Waals surface area contributed by atoms with E-state index in [2.05, 4.69) is 0 Å². The maximum absolute atomic E-state index is 12.5. The van der Waals surface area contributed by atoms with Gasteiger partial charge in [0.25, 0.3) is 0 Å². The van der Waals surface area contributed by atoms with Gasteiger partial charge in [-0.1, -0.05) is 0 Å². The molecule has 1 saturated heterocycles. The summed E-state index contributed by atoms with van der Waals surface area (Å²) in [5.74, 6) is -1.62. The lowest BCUT2D eigenvalue weighted by molar-refractivity contribution is -0.187. The molecular weight excluding hydrogens is 259 g/mol. The molecule has 0 N–H and O–H groups in total. The summed E-state index contributed by atoms with van der Waals surface area (Å²) in [6, 6.07) is -0.492. The van der Waals surface area contributed by atoms with Crippen molar-refractivity contribution in [2.45, 2.75) is 58.4 Å². The number of rotatable bonds is 2. The summed E-state index contributed by atoms with van der Waals surface area (Å²) in [7, 11) is 0. The predicted octanol–water partition coefficient (Wildman–Crippen LogP) is 2.99. The predicted molar refractivity (Wildman–Crippen MR) is 65.7 cm³/mol. The highest BCUT2D eigenvalue weighted by atomic mass is 19.4. The number of ether oxygens (including phenoxy) is 1. The molecule has 19 heavy (non-hydrogen) atoms. The van der Waals surface area contributed by atoms with Crippen LogP contribution in [0.4, 0.5) is 13.2 Å². The van der Waals surface area contributed by atoms with Gasteiger partial charge in [0.1, 0.15) is 11.6 Å². The highest BCUT2D eigenvalue weighted by molar-refractivity contribution is 5.75. The Kier molecular flexibility index (Phi) is 4.87. The molecule has 3 nitrogen and oxygen atoms in total. The van der Waals surface area contributed by atoms with E-state index in [0.717, 1.165) is 0 Å². The number of nitrogens with zero attached hydrogens (tertiary/aromatic N) is 1. The minimum absolute atomic E-state index is 0.0522. The van der Waals surface area contributed by atoms with Crippen molar-refractivity contribution in [3.8, 4) is 0 Å². The van der Waals surface area contributed by atoms with Crippen LogP contribution in [-0.4, -0.2) is 41.8 Å². The Morgan fingerprint density at radius 3 is 2.05 bits per heavy atom. The maximum Gasteiger partial charge on any atom is 0.391 e. The number of alkyl halides is 3. The molecular formula is C13H22F3NO2. The molecule has 0 aromatic rings. The van der Waals surface area contributed by atoms with E-state index in [1.807, 2.05) is 0 Å². The van der Waals surface area contributed by atoms with Crippen molar-refractivity contribution in [1.29, 1.82) is 0 Å². The quantitative estimate of drug-likeness (QED) is 0.729. The third kappa shape index (κ3) is 5.01. The van der Waals surface area contributed by atoms with Gasteiger partial charge in [0.05, 0.1) is 5.92 Å². The summed E-state index contributed by atoms with van der Waals surface area (Å²) >= 11 is 0. The van der Waals surface area contributed by atoms with Crippen LogP contribution in [0, 0.1) is 5.92 Å². The molecule has 1 heterocycles. The van der Waals surface area contributed by atoms with E-state index in [0.29, 0.717) is 0 Å². The lowest BCUT2D eigenvalue weighted by atomic mass is 9.95. The van der Waals surface area contributed by atoms with Crippen LogP contribution in [0.15, 0.2) is 0 Å². The van der Waals surface area contributed by atoms with Crippen molar-refractivity contribution in [2.75, 3.05) is 13.1 Å². The fourth-order valence-corrected chi connectivity index (χ4v) is 2.15. The molecule has 1 atom stereocenters. The first-order valence-corrected chi connectivity index (χ1v) is 6.54.